The Bertz CT molecular complexity index is 475. The van der Waals surface area contributed by atoms with E-state index >= 15 is 0 Å². The number of nitrogens with zero attached hydrogens (tertiary/aromatic N) is 1. The Morgan fingerprint density at radius 2 is 2.43 bits per heavy atom. The van der Waals surface area contributed by atoms with E-state index in [0.29, 0.717) is 0 Å². The zero-order valence-electron chi connectivity index (χ0n) is 7.50. The van der Waals surface area contributed by atoms with Gasteiger partial charge in [0.05, 0.1) is 0 Å². The second-order valence-corrected chi connectivity index (χ2v) is 4.23. The number of fused-ring (bicyclic) bond motifs is 1. The van der Waals surface area contributed by atoms with Crippen molar-refractivity contribution in [2.75, 3.05) is 0 Å². The van der Waals surface area contributed by atoms with Crippen LogP contribution < -0.4 is 5.73 Å². The largest absolute Gasteiger partial charge is 0.345 e. The van der Waals surface area contributed by atoms with Crippen LogP contribution in [0.15, 0.2) is 31.1 Å². The highest BCUT2D eigenvalue weighted by molar-refractivity contribution is 14.1. The normalized spacial score (nSPS) is 13.0. The van der Waals surface area contributed by atoms with E-state index in [1.165, 1.54) is 0 Å². The quantitative estimate of drug-likeness (QED) is 0.660. The van der Waals surface area contributed by atoms with Crippen molar-refractivity contribution < 1.29 is 0 Å². The molecule has 0 aromatic carbocycles. The van der Waals surface area contributed by atoms with Gasteiger partial charge in [-0.05, 0) is 34.2 Å². The van der Waals surface area contributed by atoms with Gasteiger partial charge in [-0.25, -0.2) is 4.98 Å². The summed E-state index contributed by atoms with van der Waals surface area (Å²) < 4.78 is 1.16. The number of pyridine rings is 1. The van der Waals surface area contributed by atoms with Crippen LogP contribution in [0, 0.1) is 3.57 Å². The first-order valence-electron chi connectivity index (χ1n) is 4.23. The number of hydrogen-bond donors (Lipinski definition) is 2. The summed E-state index contributed by atoms with van der Waals surface area (Å²) in [5, 5.41) is 1.11. The van der Waals surface area contributed by atoms with Gasteiger partial charge in [0.2, 0.25) is 0 Å². The number of aromatic amines is 1. The Hall–Kier alpha value is -0.880. The van der Waals surface area contributed by atoms with Gasteiger partial charge in [-0.2, -0.15) is 0 Å². The van der Waals surface area contributed by atoms with E-state index in [1.54, 1.807) is 12.3 Å². The van der Waals surface area contributed by atoms with E-state index in [2.05, 4.69) is 39.1 Å². The molecule has 0 aliphatic rings. The summed E-state index contributed by atoms with van der Waals surface area (Å²) in [4.78, 5) is 7.37. The smallest absolute Gasteiger partial charge is 0.138 e. The van der Waals surface area contributed by atoms with Crippen LogP contribution in [0.3, 0.4) is 0 Å². The molecule has 0 spiro atoms. The predicted molar refractivity (Wildman–Crippen MR) is 65.9 cm³/mol. The summed E-state index contributed by atoms with van der Waals surface area (Å²) >= 11 is 2.27. The minimum absolute atomic E-state index is 0.141. The van der Waals surface area contributed by atoms with Crippen molar-refractivity contribution in [2.24, 2.45) is 5.73 Å². The first-order chi connectivity index (χ1) is 6.72. The van der Waals surface area contributed by atoms with Gasteiger partial charge in [-0.15, -0.1) is 6.58 Å². The van der Waals surface area contributed by atoms with Crippen LogP contribution in [-0.4, -0.2) is 9.97 Å². The number of aromatic nitrogens is 2. The van der Waals surface area contributed by atoms with E-state index in [-0.39, 0.29) is 6.04 Å². The number of rotatable bonds is 2. The van der Waals surface area contributed by atoms with Gasteiger partial charge in [-0.3, -0.25) is 0 Å². The highest BCUT2D eigenvalue weighted by Gasteiger charge is 2.06. The van der Waals surface area contributed by atoms with Gasteiger partial charge in [0, 0.05) is 27.4 Å². The molecule has 0 bridgehead atoms. The van der Waals surface area contributed by atoms with E-state index in [0.717, 1.165) is 20.2 Å². The molecular weight excluding hydrogens is 289 g/mol. The number of nitrogens with one attached hydrogen (secondary N) is 1. The van der Waals surface area contributed by atoms with Crippen LogP contribution >= 0.6 is 22.6 Å². The van der Waals surface area contributed by atoms with E-state index < -0.39 is 0 Å². The maximum absolute atomic E-state index is 5.83. The van der Waals surface area contributed by atoms with Gasteiger partial charge in [-0.1, -0.05) is 6.08 Å². The van der Waals surface area contributed by atoms with Gasteiger partial charge in [0.1, 0.15) is 5.65 Å². The minimum atomic E-state index is -0.141. The average molecular weight is 299 g/mol. The van der Waals surface area contributed by atoms with Crippen molar-refractivity contribution in [3.8, 4) is 0 Å². The highest BCUT2D eigenvalue weighted by Crippen LogP contribution is 2.21. The lowest BCUT2D eigenvalue weighted by atomic mass is 10.1. The highest BCUT2D eigenvalue weighted by atomic mass is 127. The van der Waals surface area contributed by atoms with Crippen LogP contribution in [0.2, 0.25) is 0 Å². The number of hydrogen-bond acceptors (Lipinski definition) is 2. The molecule has 4 heteroatoms. The fourth-order valence-electron chi connectivity index (χ4n) is 1.31. The molecule has 0 amide bonds. The molecule has 0 aliphatic carbocycles. The third-order valence-corrected chi connectivity index (χ3v) is 3.03. The van der Waals surface area contributed by atoms with Crippen molar-refractivity contribution in [2.45, 2.75) is 6.04 Å². The maximum Gasteiger partial charge on any atom is 0.138 e. The molecule has 0 radical (unpaired) electrons. The zero-order valence-corrected chi connectivity index (χ0v) is 9.65. The molecular formula is C10H10IN3. The Balaban J connectivity index is 2.59. The molecule has 0 saturated heterocycles. The summed E-state index contributed by atoms with van der Waals surface area (Å²) in [5.41, 5.74) is 7.72. The topological polar surface area (TPSA) is 54.7 Å². The minimum Gasteiger partial charge on any atom is -0.345 e. The third-order valence-electron chi connectivity index (χ3n) is 2.14. The Labute approximate surface area is 95.5 Å². The maximum atomic E-state index is 5.83. The molecule has 0 fully saturated rings. The van der Waals surface area contributed by atoms with Crippen LogP contribution in [-0.2, 0) is 0 Å². The first-order valence-corrected chi connectivity index (χ1v) is 5.31. The number of halogens is 1. The molecule has 3 N–H and O–H groups in total. The lowest BCUT2D eigenvalue weighted by Crippen LogP contribution is -2.06. The Morgan fingerprint density at radius 1 is 1.64 bits per heavy atom. The zero-order chi connectivity index (χ0) is 10.1. The van der Waals surface area contributed by atoms with Crippen molar-refractivity contribution in [3.63, 3.8) is 0 Å². The molecule has 0 saturated carbocycles. The number of nitrogens with two attached hydrogens (primary N) is 1. The fourth-order valence-corrected chi connectivity index (χ4v) is 1.87. The molecule has 0 aliphatic heterocycles. The van der Waals surface area contributed by atoms with E-state index in [1.807, 2.05) is 12.3 Å². The number of H-pyrrole nitrogens is 1. The second kappa shape index (κ2) is 3.70. The summed E-state index contributed by atoms with van der Waals surface area (Å²) in [7, 11) is 0. The van der Waals surface area contributed by atoms with Gasteiger partial charge < -0.3 is 10.7 Å². The average Bonchev–Trinajstić information content (AvgIpc) is 2.59. The van der Waals surface area contributed by atoms with Crippen molar-refractivity contribution in [3.05, 3.63) is 40.2 Å². The molecule has 1 unspecified atom stereocenters. The fraction of sp³-hybridized carbons (Fsp3) is 0.100. The standard InChI is InChI=1S/C10H10IN3/c1-2-9(12)6-3-7-8(11)5-14-10(7)13-4-6/h2-5,9H,1,12H2,(H,13,14). The summed E-state index contributed by atoms with van der Waals surface area (Å²) in [5.74, 6) is 0. The van der Waals surface area contributed by atoms with Crippen molar-refractivity contribution >= 4 is 33.6 Å². The van der Waals surface area contributed by atoms with Gasteiger partial charge in [0.15, 0.2) is 0 Å². The third kappa shape index (κ3) is 1.55. The van der Waals surface area contributed by atoms with E-state index in [4.69, 9.17) is 5.73 Å². The van der Waals surface area contributed by atoms with Gasteiger partial charge in [0.25, 0.3) is 0 Å². The molecule has 2 aromatic rings. The second-order valence-electron chi connectivity index (χ2n) is 3.06. The summed E-state index contributed by atoms with van der Waals surface area (Å²) in [6.07, 6.45) is 5.42. The molecule has 2 aromatic heterocycles. The van der Waals surface area contributed by atoms with Crippen molar-refractivity contribution in [1.29, 1.82) is 0 Å². The Morgan fingerprint density at radius 3 is 3.14 bits per heavy atom. The Kier molecular flexibility index (Phi) is 2.56. The molecule has 2 rings (SSSR count). The summed E-state index contributed by atoms with van der Waals surface area (Å²) in [6, 6.07) is 1.91. The molecule has 2 heterocycles. The molecule has 14 heavy (non-hydrogen) atoms. The van der Waals surface area contributed by atoms with Crippen LogP contribution in [0.25, 0.3) is 11.0 Å². The summed E-state index contributed by atoms with van der Waals surface area (Å²) in [6.45, 7) is 3.66. The molecule has 3 nitrogen and oxygen atoms in total. The van der Waals surface area contributed by atoms with Gasteiger partial charge >= 0.3 is 0 Å². The monoisotopic (exact) mass is 299 g/mol. The van der Waals surface area contributed by atoms with Crippen LogP contribution in [0.1, 0.15) is 11.6 Å². The van der Waals surface area contributed by atoms with E-state index in [9.17, 15) is 0 Å². The molecule has 72 valence electrons. The first kappa shape index (κ1) is 9.67. The van der Waals surface area contributed by atoms with Crippen molar-refractivity contribution in [1.82, 2.24) is 9.97 Å². The lowest BCUT2D eigenvalue weighted by molar-refractivity contribution is 0.908. The lowest BCUT2D eigenvalue weighted by Gasteiger charge is -2.05. The van der Waals surface area contributed by atoms with Crippen LogP contribution in [0.5, 0.6) is 0 Å². The molecule has 1 atom stereocenters. The van der Waals surface area contributed by atoms with Crippen LogP contribution in [0.4, 0.5) is 0 Å². The predicted octanol–water partition coefficient (Wildman–Crippen LogP) is 2.35. The SMILES string of the molecule is C=CC(N)c1cnc2[nH]cc(I)c2c1.